The number of methoxy groups -OCH3 is 1. The quantitative estimate of drug-likeness (QED) is 0.824. The molecule has 0 aromatic carbocycles. The van der Waals surface area contributed by atoms with E-state index in [2.05, 4.69) is 9.72 Å². The molecule has 0 bridgehead atoms. The second-order valence-electron chi connectivity index (χ2n) is 4.35. The SMILES string of the molecule is COC(=O)c1cc(OC2CCCC2)cc(CO)n1. The minimum atomic E-state index is -0.526. The third-order valence-electron chi connectivity index (χ3n) is 3.01. The molecule has 1 heterocycles. The summed E-state index contributed by atoms with van der Waals surface area (Å²) in [4.78, 5) is 15.4. The lowest BCUT2D eigenvalue weighted by Gasteiger charge is -2.14. The molecule has 1 N–H and O–H groups in total. The number of rotatable bonds is 4. The van der Waals surface area contributed by atoms with Crippen LogP contribution in [0.4, 0.5) is 0 Å². The van der Waals surface area contributed by atoms with Crippen LogP contribution < -0.4 is 4.74 Å². The minimum absolute atomic E-state index is 0.164. The molecule has 1 saturated carbocycles. The summed E-state index contributed by atoms with van der Waals surface area (Å²) in [6, 6.07) is 3.22. The summed E-state index contributed by atoms with van der Waals surface area (Å²) in [5.74, 6) is 0.0444. The maximum Gasteiger partial charge on any atom is 0.356 e. The number of aromatic nitrogens is 1. The number of aliphatic hydroxyl groups excluding tert-OH is 1. The Labute approximate surface area is 106 Å². The van der Waals surface area contributed by atoms with Crippen LogP contribution in [0.3, 0.4) is 0 Å². The molecule has 1 aromatic rings. The number of hydrogen-bond acceptors (Lipinski definition) is 5. The topological polar surface area (TPSA) is 68.7 Å². The zero-order valence-electron chi connectivity index (χ0n) is 10.4. The van der Waals surface area contributed by atoms with Crippen molar-refractivity contribution in [1.29, 1.82) is 0 Å². The summed E-state index contributed by atoms with van der Waals surface area (Å²) < 4.78 is 10.4. The van der Waals surface area contributed by atoms with Crippen molar-refractivity contribution in [2.75, 3.05) is 7.11 Å². The number of esters is 1. The zero-order valence-corrected chi connectivity index (χ0v) is 10.4. The van der Waals surface area contributed by atoms with Gasteiger partial charge in [-0.15, -0.1) is 0 Å². The number of nitrogens with zero attached hydrogens (tertiary/aromatic N) is 1. The highest BCUT2D eigenvalue weighted by molar-refractivity contribution is 5.87. The number of aliphatic hydroxyl groups is 1. The van der Waals surface area contributed by atoms with Gasteiger partial charge in [0, 0.05) is 12.1 Å². The molecule has 98 valence electrons. The summed E-state index contributed by atoms with van der Waals surface area (Å²) in [6.07, 6.45) is 4.61. The molecule has 5 heteroatoms. The fourth-order valence-electron chi connectivity index (χ4n) is 2.12. The van der Waals surface area contributed by atoms with Crippen LogP contribution in [0.15, 0.2) is 12.1 Å². The first-order chi connectivity index (χ1) is 8.72. The molecule has 2 rings (SSSR count). The lowest BCUT2D eigenvalue weighted by atomic mass is 10.2. The van der Waals surface area contributed by atoms with E-state index < -0.39 is 5.97 Å². The van der Waals surface area contributed by atoms with E-state index in [1.165, 1.54) is 20.0 Å². The number of carbonyl (C=O) groups is 1. The molecule has 1 aromatic heterocycles. The molecule has 0 saturated heterocycles. The molecule has 0 aliphatic heterocycles. The smallest absolute Gasteiger partial charge is 0.356 e. The van der Waals surface area contributed by atoms with Crippen molar-refractivity contribution in [2.24, 2.45) is 0 Å². The maximum atomic E-state index is 11.4. The average molecular weight is 251 g/mol. The van der Waals surface area contributed by atoms with Crippen LogP contribution in [0.5, 0.6) is 5.75 Å². The Balaban J connectivity index is 2.19. The van der Waals surface area contributed by atoms with Gasteiger partial charge in [-0.3, -0.25) is 0 Å². The monoisotopic (exact) mass is 251 g/mol. The van der Waals surface area contributed by atoms with Crippen molar-refractivity contribution in [3.8, 4) is 5.75 Å². The van der Waals surface area contributed by atoms with Crippen molar-refractivity contribution >= 4 is 5.97 Å². The van der Waals surface area contributed by atoms with Gasteiger partial charge < -0.3 is 14.6 Å². The van der Waals surface area contributed by atoms with Crippen LogP contribution in [0.1, 0.15) is 41.9 Å². The van der Waals surface area contributed by atoms with Gasteiger partial charge >= 0.3 is 5.97 Å². The molecule has 0 atom stereocenters. The van der Waals surface area contributed by atoms with Crippen molar-refractivity contribution in [3.05, 3.63) is 23.5 Å². The van der Waals surface area contributed by atoms with Crippen LogP contribution in [0, 0.1) is 0 Å². The highest BCUT2D eigenvalue weighted by atomic mass is 16.5. The molecule has 0 amide bonds. The van der Waals surface area contributed by atoms with E-state index in [1.54, 1.807) is 12.1 Å². The van der Waals surface area contributed by atoms with E-state index in [-0.39, 0.29) is 18.4 Å². The van der Waals surface area contributed by atoms with E-state index in [1.807, 2.05) is 0 Å². The first-order valence-electron chi connectivity index (χ1n) is 6.09. The minimum Gasteiger partial charge on any atom is -0.490 e. The highest BCUT2D eigenvalue weighted by Gasteiger charge is 2.18. The predicted molar refractivity (Wildman–Crippen MR) is 64.4 cm³/mol. The van der Waals surface area contributed by atoms with E-state index in [4.69, 9.17) is 9.84 Å². The Kier molecular flexibility index (Phi) is 4.15. The Morgan fingerprint density at radius 3 is 2.78 bits per heavy atom. The predicted octanol–water partition coefficient (Wildman–Crippen LogP) is 1.68. The normalized spacial score (nSPS) is 15.7. The highest BCUT2D eigenvalue weighted by Crippen LogP contribution is 2.25. The van der Waals surface area contributed by atoms with Crippen molar-refractivity contribution in [2.45, 2.75) is 38.4 Å². The van der Waals surface area contributed by atoms with Gasteiger partial charge in [-0.1, -0.05) is 0 Å². The van der Waals surface area contributed by atoms with Gasteiger partial charge in [0.05, 0.1) is 25.5 Å². The van der Waals surface area contributed by atoms with E-state index in [9.17, 15) is 4.79 Å². The fraction of sp³-hybridized carbons (Fsp3) is 0.538. The maximum absolute atomic E-state index is 11.4. The van der Waals surface area contributed by atoms with Crippen molar-refractivity contribution < 1.29 is 19.4 Å². The van der Waals surface area contributed by atoms with Gasteiger partial charge in [0.25, 0.3) is 0 Å². The lowest BCUT2D eigenvalue weighted by Crippen LogP contribution is -2.13. The summed E-state index contributed by atoms with van der Waals surface area (Å²) in [6.45, 7) is -0.230. The third kappa shape index (κ3) is 2.98. The third-order valence-corrected chi connectivity index (χ3v) is 3.01. The van der Waals surface area contributed by atoms with Crippen molar-refractivity contribution in [3.63, 3.8) is 0 Å². The molecule has 18 heavy (non-hydrogen) atoms. The van der Waals surface area contributed by atoms with Gasteiger partial charge in [-0.2, -0.15) is 0 Å². The first kappa shape index (κ1) is 12.8. The summed E-state index contributed by atoms with van der Waals surface area (Å²) in [5.41, 5.74) is 0.572. The van der Waals surface area contributed by atoms with Crippen molar-refractivity contribution in [1.82, 2.24) is 4.98 Å². The zero-order chi connectivity index (χ0) is 13.0. The van der Waals surface area contributed by atoms with Gasteiger partial charge in [0.1, 0.15) is 5.75 Å². The fourth-order valence-corrected chi connectivity index (χ4v) is 2.12. The van der Waals surface area contributed by atoms with Crippen LogP contribution in [-0.4, -0.2) is 29.3 Å². The van der Waals surface area contributed by atoms with Crippen LogP contribution >= 0.6 is 0 Å². The summed E-state index contributed by atoms with van der Waals surface area (Å²) >= 11 is 0. The molecular formula is C13H17NO4. The second kappa shape index (κ2) is 5.82. The Hall–Kier alpha value is -1.62. The molecule has 1 aliphatic carbocycles. The molecule has 1 fully saturated rings. The molecule has 1 aliphatic rings. The van der Waals surface area contributed by atoms with Crippen LogP contribution in [-0.2, 0) is 11.3 Å². The molecule has 5 nitrogen and oxygen atoms in total. The molecule has 0 unspecified atom stereocenters. The van der Waals surface area contributed by atoms with E-state index in [0.717, 1.165) is 12.8 Å². The van der Waals surface area contributed by atoms with Gasteiger partial charge in [0.2, 0.25) is 0 Å². The van der Waals surface area contributed by atoms with Crippen LogP contribution in [0.25, 0.3) is 0 Å². The van der Waals surface area contributed by atoms with Gasteiger partial charge in [0.15, 0.2) is 5.69 Å². The largest absolute Gasteiger partial charge is 0.490 e. The molecular weight excluding hydrogens is 234 g/mol. The average Bonchev–Trinajstić information content (AvgIpc) is 2.90. The Bertz CT molecular complexity index is 427. The van der Waals surface area contributed by atoms with Gasteiger partial charge in [-0.05, 0) is 25.7 Å². The van der Waals surface area contributed by atoms with E-state index >= 15 is 0 Å². The first-order valence-corrected chi connectivity index (χ1v) is 6.09. The summed E-state index contributed by atoms with van der Waals surface area (Å²) in [5, 5.41) is 9.13. The van der Waals surface area contributed by atoms with E-state index in [0.29, 0.717) is 11.4 Å². The second-order valence-corrected chi connectivity index (χ2v) is 4.35. The summed E-state index contributed by atoms with van der Waals surface area (Å²) in [7, 11) is 1.30. The number of pyridine rings is 1. The van der Waals surface area contributed by atoms with Crippen LogP contribution in [0.2, 0.25) is 0 Å². The molecule has 0 spiro atoms. The number of carbonyl (C=O) groups excluding carboxylic acids is 1. The Morgan fingerprint density at radius 2 is 2.17 bits per heavy atom. The van der Waals surface area contributed by atoms with Gasteiger partial charge in [-0.25, -0.2) is 9.78 Å². The Morgan fingerprint density at radius 1 is 1.44 bits per heavy atom. The number of ether oxygens (including phenoxy) is 2. The lowest BCUT2D eigenvalue weighted by molar-refractivity contribution is 0.0592. The molecule has 0 radical (unpaired) electrons. The number of hydrogen-bond donors (Lipinski definition) is 1. The standard InChI is InChI=1S/C13H17NO4/c1-17-13(16)12-7-11(6-9(8-15)14-12)18-10-4-2-3-5-10/h6-7,10,15H,2-5,8H2,1H3.